The topological polar surface area (TPSA) is 32.3 Å². The highest BCUT2D eigenvalue weighted by molar-refractivity contribution is 5.85. The molecule has 1 aliphatic heterocycles. The number of amides is 1. The highest BCUT2D eigenvalue weighted by atomic mass is 35.5. The third-order valence-electron chi connectivity index (χ3n) is 5.43. The van der Waals surface area contributed by atoms with E-state index in [1.807, 2.05) is 0 Å². The molecule has 2 aliphatic carbocycles. The van der Waals surface area contributed by atoms with Gasteiger partial charge in [0.15, 0.2) is 0 Å². The van der Waals surface area contributed by atoms with Gasteiger partial charge in [-0.1, -0.05) is 19.3 Å². The molecule has 1 amide bonds. The molecule has 1 heterocycles. The number of carbonyl (C=O) groups is 1. The molecule has 3 fully saturated rings. The summed E-state index contributed by atoms with van der Waals surface area (Å²) in [6.45, 7) is 3.17. The second kappa shape index (κ2) is 8.38. The maximum absolute atomic E-state index is 12.4. The Kier molecular flexibility index (Phi) is 6.81. The van der Waals surface area contributed by atoms with Crippen LogP contribution >= 0.6 is 12.4 Å². The van der Waals surface area contributed by atoms with Gasteiger partial charge in [-0.3, -0.25) is 4.79 Å². The molecule has 0 aromatic heterocycles. The normalized spacial score (nSPS) is 24.7. The van der Waals surface area contributed by atoms with Gasteiger partial charge < -0.3 is 10.2 Å². The van der Waals surface area contributed by atoms with Crippen LogP contribution in [0.25, 0.3) is 0 Å². The summed E-state index contributed by atoms with van der Waals surface area (Å²) in [5, 5.41) is 3.69. The first-order chi connectivity index (χ1) is 9.81. The molecule has 2 saturated carbocycles. The maximum atomic E-state index is 12.4. The van der Waals surface area contributed by atoms with Crippen molar-refractivity contribution in [3.63, 3.8) is 0 Å². The van der Waals surface area contributed by atoms with Crippen LogP contribution in [0.5, 0.6) is 0 Å². The van der Waals surface area contributed by atoms with Crippen LogP contribution in [-0.2, 0) is 4.79 Å². The third kappa shape index (κ3) is 5.45. The first-order valence-electron chi connectivity index (χ1n) is 8.82. The van der Waals surface area contributed by atoms with Gasteiger partial charge in [0.05, 0.1) is 0 Å². The number of piperidine rings is 1. The number of rotatable bonds is 5. The molecular formula is C17H31ClN2O. The minimum atomic E-state index is 0. The number of likely N-dealkylation sites (tertiary alicyclic amines) is 1. The second-order valence-electron chi connectivity index (χ2n) is 7.21. The zero-order chi connectivity index (χ0) is 13.8. The third-order valence-corrected chi connectivity index (χ3v) is 5.43. The first-order valence-corrected chi connectivity index (χ1v) is 8.82. The van der Waals surface area contributed by atoms with Crippen LogP contribution in [-0.4, -0.2) is 36.5 Å². The second-order valence-corrected chi connectivity index (χ2v) is 7.21. The summed E-state index contributed by atoms with van der Waals surface area (Å²) in [6, 6.07) is 0.661. The van der Waals surface area contributed by atoms with Crippen LogP contribution in [0.1, 0.15) is 64.2 Å². The molecule has 0 spiro atoms. The Hall–Kier alpha value is -0.280. The van der Waals surface area contributed by atoms with Gasteiger partial charge in [-0.05, 0) is 56.9 Å². The van der Waals surface area contributed by atoms with Crippen LogP contribution in [0.4, 0.5) is 0 Å². The first kappa shape index (κ1) is 17.1. The van der Waals surface area contributed by atoms with Crippen molar-refractivity contribution < 1.29 is 4.79 Å². The van der Waals surface area contributed by atoms with Crippen molar-refractivity contribution in [2.24, 2.45) is 11.8 Å². The largest absolute Gasteiger partial charge is 0.343 e. The fourth-order valence-electron chi connectivity index (χ4n) is 3.76. The minimum absolute atomic E-state index is 0. The van der Waals surface area contributed by atoms with E-state index in [2.05, 4.69) is 10.2 Å². The Bertz CT molecular complexity index is 319. The molecular weight excluding hydrogens is 284 g/mol. The number of nitrogens with one attached hydrogen (secondary N) is 1. The van der Waals surface area contributed by atoms with Crippen LogP contribution in [0, 0.1) is 11.8 Å². The molecule has 3 rings (SSSR count). The quantitative estimate of drug-likeness (QED) is 0.844. The van der Waals surface area contributed by atoms with Gasteiger partial charge in [-0.15, -0.1) is 12.4 Å². The lowest BCUT2D eigenvalue weighted by atomic mass is 9.86. The van der Waals surface area contributed by atoms with Gasteiger partial charge in [-0.2, -0.15) is 0 Å². The predicted molar refractivity (Wildman–Crippen MR) is 88.8 cm³/mol. The van der Waals surface area contributed by atoms with E-state index in [0.29, 0.717) is 17.9 Å². The van der Waals surface area contributed by atoms with Gasteiger partial charge in [0.25, 0.3) is 0 Å². The summed E-state index contributed by atoms with van der Waals surface area (Å²) >= 11 is 0. The summed E-state index contributed by atoms with van der Waals surface area (Å²) in [5.74, 6) is 2.07. The highest BCUT2D eigenvalue weighted by Gasteiger charge is 2.27. The molecule has 3 aliphatic rings. The van der Waals surface area contributed by atoms with Crippen LogP contribution in [0.2, 0.25) is 0 Å². The SMILES string of the molecule is Cl.O=C(CC1CCCCC1)N1CCC(NCC2CC2)CC1. The van der Waals surface area contributed by atoms with Crippen molar-refractivity contribution in [1.29, 1.82) is 0 Å². The van der Waals surface area contributed by atoms with Gasteiger partial charge in [-0.25, -0.2) is 0 Å². The Balaban J connectivity index is 0.00000161. The minimum Gasteiger partial charge on any atom is -0.343 e. The van der Waals surface area contributed by atoms with Gasteiger partial charge in [0.1, 0.15) is 0 Å². The Morgan fingerprint density at radius 1 is 0.905 bits per heavy atom. The number of halogens is 1. The number of hydrogen-bond acceptors (Lipinski definition) is 2. The van der Waals surface area contributed by atoms with E-state index in [1.165, 1.54) is 51.5 Å². The van der Waals surface area contributed by atoms with Gasteiger partial charge >= 0.3 is 0 Å². The fraction of sp³-hybridized carbons (Fsp3) is 0.941. The molecule has 0 atom stereocenters. The van der Waals surface area contributed by atoms with Crippen molar-refractivity contribution >= 4 is 18.3 Å². The molecule has 122 valence electrons. The van der Waals surface area contributed by atoms with E-state index in [9.17, 15) is 4.79 Å². The summed E-state index contributed by atoms with van der Waals surface area (Å²) in [6.07, 6.45) is 12.6. The average Bonchev–Trinajstić information content (AvgIpc) is 3.31. The maximum Gasteiger partial charge on any atom is 0.222 e. The molecule has 1 saturated heterocycles. The van der Waals surface area contributed by atoms with Crippen LogP contribution < -0.4 is 5.32 Å². The molecule has 4 heteroatoms. The highest BCUT2D eigenvalue weighted by Crippen LogP contribution is 2.29. The predicted octanol–water partition coefficient (Wildman–Crippen LogP) is 3.37. The Labute approximate surface area is 135 Å². The van der Waals surface area contributed by atoms with Crippen molar-refractivity contribution in [2.45, 2.75) is 70.3 Å². The standard InChI is InChI=1S/C17H30N2O.ClH/c20-17(12-14-4-2-1-3-5-14)19-10-8-16(9-11-19)18-13-15-6-7-15;/h14-16,18H,1-13H2;1H. The van der Waals surface area contributed by atoms with E-state index in [4.69, 9.17) is 0 Å². The molecule has 0 radical (unpaired) electrons. The lowest BCUT2D eigenvalue weighted by Crippen LogP contribution is -2.45. The van der Waals surface area contributed by atoms with Crippen LogP contribution in [0.15, 0.2) is 0 Å². The summed E-state index contributed by atoms with van der Waals surface area (Å²) in [7, 11) is 0. The number of carbonyl (C=O) groups excluding carboxylic acids is 1. The van der Waals surface area contributed by atoms with Crippen molar-refractivity contribution in [3.05, 3.63) is 0 Å². The van der Waals surface area contributed by atoms with E-state index in [-0.39, 0.29) is 12.4 Å². The van der Waals surface area contributed by atoms with Gasteiger partial charge in [0.2, 0.25) is 5.91 Å². The van der Waals surface area contributed by atoms with E-state index >= 15 is 0 Å². The summed E-state index contributed by atoms with van der Waals surface area (Å²) in [4.78, 5) is 14.5. The van der Waals surface area contributed by atoms with Crippen molar-refractivity contribution in [2.75, 3.05) is 19.6 Å². The zero-order valence-corrected chi connectivity index (χ0v) is 14.0. The zero-order valence-electron chi connectivity index (χ0n) is 13.2. The fourth-order valence-corrected chi connectivity index (χ4v) is 3.76. The molecule has 0 aromatic rings. The molecule has 0 aromatic carbocycles. The number of nitrogens with zero attached hydrogens (tertiary/aromatic N) is 1. The van der Waals surface area contributed by atoms with E-state index in [0.717, 1.165) is 38.3 Å². The molecule has 1 N–H and O–H groups in total. The smallest absolute Gasteiger partial charge is 0.222 e. The lowest BCUT2D eigenvalue weighted by Gasteiger charge is -2.34. The average molecular weight is 315 g/mol. The lowest BCUT2D eigenvalue weighted by molar-refractivity contribution is -0.133. The van der Waals surface area contributed by atoms with Crippen molar-refractivity contribution in [3.8, 4) is 0 Å². The monoisotopic (exact) mass is 314 g/mol. The summed E-state index contributed by atoms with van der Waals surface area (Å²) < 4.78 is 0. The Morgan fingerprint density at radius 2 is 1.57 bits per heavy atom. The molecule has 0 bridgehead atoms. The Morgan fingerprint density at radius 3 is 2.19 bits per heavy atom. The van der Waals surface area contributed by atoms with Crippen molar-refractivity contribution in [1.82, 2.24) is 10.2 Å². The van der Waals surface area contributed by atoms with Gasteiger partial charge in [0, 0.05) is 25.6 Å². The molecule has 0 unspecified atom stereocenters. The van der Waals surface area contributed by atoms with E-state index in [1.54, 1.807) is 0 Å². The van der Waals surface area contributed by atoms with E-state index < -0.39 is 0 Å². The summed E-state index contributed by atoms with van der Waals surface area (Å²) in [5.41, 5.74) is 0. The molecule has 21 heavy (non-hydrogen) atoms. The molecule has 3 nitrogen and oxygen atoms in total. The van der Waals surface area contributed by atoms with Crippen LogP contribution in [0.3, 0.4) is 0 Å². The number of hydrogen-bond donors (Lipinski definition) is 1.